The van der Waals surface area contributed by atoms with Crippen LogP contribution in [-0.2, 0) is 13.0 Å². The van der Waals surface area contributed by atoms with E-state index in [1.54, 1.807) is 25.1 Å². The highest BCUT2D eigenvalue weighted by Crippen LogP contribution is 2.28. The molecule has 0 amide bonds. The Bertz CT molecular complexity index is 569. The molecule has 0 aliphatic rings. The van der Waals surface area contributed by atoms with Crippen LogP contribution in [0.4, 0.5) is 0 Å². The van der Waals surface area contributed by atoms with Gasteiger partial charge in [0.15, 0.2) is 6.61 Å². The molecule has 0 radical (unpaired) electrons. The van der Waals surface area contributed by atoms with Gasteiger partial charge in [-0.1, -0.05) is 29.7 Å². The molecule has 1 heterocycles. The van der Waals surface area contributed by atoms with Crippen LogP contribution in [0.5, 0.6) is 5.75 Å². The van der Waals surface area contributed by atoms with Gasteiger partial charge in [-0.3, -0.25) is 0 Å². The molecular weight excluding hydrogens is 280 g/mol. The molecule has 108 valence electrons. The Balaban J connectivity index is 1.99. The molecule has 0 aliphatic heterocycles. The van der Waals surface area contributed by atoms with Crippen molar-refractivity contribution in [1.82, 2.24) is 10.1 Å². The lowest BCUT2D eigenvalue weighted by Crippen LogP contribution is -1.99. The van der Waals surface area contributed by atoms with Crippen LogP contribution in [0.1, 0.15) is 43.7 Å². The highest BCUT2D eigenvalue weighted by molar-refractivity contribution is 6.32. The lowest BCUT2D eigenvalue weighted by Gasteiger charge is -2.09. The van der Waals surface area contributed by atoms with Crippen molar-refractivity contribution in [3.05, 3.63) is 40.5 Å². The Hall–Kier alpha value is -1.59. The van der Waals surface area contributed by atoms with Crippen molar-refractivity contribution in [2.75, 3.05) is 0 Å². The number of nitrogens with zero attached hydrogens (tertiary/aromatic N) is 2. The number of ether oxygens (including phenoxy) is 1. The first-order valence-corrected chi connectivity index (χ1v) is 6.89. The van der Waals surface area contributed by atoms with Gasteiger partial charge in [-0.15, -0.1) is 0 Å². The topological polar surface area (TPSA) is 68.4 Å². The number of hydrogen-bond donors (Lipinski definition) is 1. The van der Waals surface area contributed by atoms with E-state index in [4.69, 9.17) is 20.9 Å². The maximum absolute atomic E-state index is 9.47. The van der Waals surface area contributed by atoms with Crippen LogP contribution in [0.25, 0.3) is 0 Å². The Morgan fingerprint density at radius 1 is 1.45 bits per heavy atom. The maximum Gasteiger partial charge on any atom is 0.226 e. The van der Waals surface area contributed by atoms with E-state index >= 15 is 0 Å². The van der Waals surface area contributed by atoms with Crippen LogP contribution >= 0.6 is 11.6 Å². The summed E-state index contributed by atoms with van der Waals surface area (Å²) in [5.41, 5.74) is 0.743. The van der Waals surface area contributed by atoms with Crippen LogP contribution in [0.2, 0.25) is 5.02 Å². The quantitative estimate of drug-likeness (QED) is 0.885. The minimum absolute atomic E-state index is 0.195. The van der Waals surface area contributed by atoms with Crippen molar-refractivity contribution in [3.63, 3.8) is 0 Å². The fourth-order valence-electron chi connectivity index (χ4n) is 1.70. The fraction of sp³-hybridized carbons (Fsp3) is 0.429. The number of hydrogen-bond acceptors (Lipinski definition) is 5. The fourth-order valence-corrected chi connectivity index (χ4v) is 1.94. The van der Waals surface area contributed by atoms with Gasteiger partial charge in [-0.2, -0.15) is 4.98 Å². The van der Waals surface area contributed by atoms with E-state index in [9.17, 15) is 5.11 Å². The summed E-state index contributed by atoms with van der Waals surface area (Å²) in [4.78, 5) is 4.20. The van der Waals surface area contributed by atoms with E-state index in [1.807, 2.05) is 6.92 Å². The SMILES string of the molecule is CCCc1nc(COc2ccc(C(C)O)cc2Cl)no1. The van der Waals surface area contributed by atoms with Crippen LogP contribution in [0.3, 0.4) is 0 Å². The van der Waals surface area contributed by atoms with Crippen LogP contribution < -0.4 is 4.74 Å². The van der Waals surface area contributed by atoms with Crippen molar-refractivity contribution in [2.24, 2.45) is 0 Å². The molecule has 1 aromatic carbocycles. The van der Waals surface area contributed by atoms with E-state index in [0.29, 0.717) is 22.5 Å². The smallest absolute Gasteiger partial charge is 0.226 e. The maximum atomic E-state index is 9.47. The lowest BCUT2D eigenvalue weighted by atomic mass is 10.1. The summed E-state index contributed by atoms with van der Waals surface area (Å²) >= 11 is 6.09. The first-order valence-electron chi connectivity index (χ1n) is 6.52. The third-order valence-electron chi connectivity index (χ3n) is 2.77. The minimum atomic E-state index is -0.560. The molecule has 0 saturated heterocycles. The second-order valence-corrected chi connectivity index (χ2v) is 4.92. The van der Waals surface area contributed by atoms with Gasteiger partial charge >= 0.3 is 0 Å². The number of aliphatic hydroxyl groups excluding tert-OH is 1. The third-order valence-corrected chi connectivity index (χ3v) is 3.06. The third kappa shape index (κ3) is 3.71. The predicted octanol–water partition coefficient (Wildman–Crippen LogP) is 3.31. The van der Waals surface area contributed by atoms with Crippen LogP contribution in [0, 0.1) is 0 Å². The molecule has 1 aromatic heterocycles. The summed E-state index contributed by atoms with van der Waals surface area (Å²) in [7, 11) is 0. The van der Waals surface area contributed by atoms with Crippen molar-refractivity contribution in [2.45, 2.75) is 39.4 Å². The molecule has 0 aliphatic carbocycles. The van der Waals surface area contributed by atoms with Crippen molar-refractivity contribution in [3.8, 4) is 5.75 Å². The summed E-state index contributed by atoms with van der Waals surface area (Å²) < 4.78 is 10.6. The van der Waals surface area contributed by atoms with Gasteiger partial charge in [-0.05, 0) is 31.0 Å². The summed E-state index contributed by atoms with van der Waals surface area (Å²) in [6, 6.07) is 5.17. The molecule has 1 N–H and O–H groups in total. The Labute approximate surface area is 122 Å². The molecule has 6 heteroatoms. The van der Waals surface area contributed by atoms with Crippen molar-refractivity contribution < 1.29 is 14.4 Å². The molecule has 1 unspecified atom stereocenters. The summed E-state index contributed by atoms with van der Waals surface area (Å²) in [6.45, 7) is 3.92. The highest BCUT2D eigenvalue weighted by atomic mass is 35.5. The second kappa shape index (κ2) is 6.72. The Kier molecular flexibility index (Phi) is 4.98. The minimum Gasteiger partial charge on any atom is -0.484 e. The molecular formula is C14H17ClN2O3. The normalized spacial score (nSPS) is 12.4. The van der Waals surface area contributed by atoms with Gasteiger partial charge < -0.3 is 14.4 Å². The lowest BCUT2D eigenvalue weighted by molar-refractivity contribution is 0.199. The highest BCUT2D eigenvalue weighted by Gasteiger charge is 2.09. The molecule has 0 bridgehead atoms. The predicted molar refractivity (Wildman–Crippen MR) is 74.7 cm³/mol. The summed E-state index contributed by atoms with van der Waals surface area (Å²) in [6.07, 6.45) is 1.15. The zero-order valence-corrected chi connectivity index (χ0v) is 12.2. The molecule has 2 aromatic rings. The first-order chi connectivity index (χ1) is 9.60. The van der Waals surface area contributed by atoms with E-state index in [1.165, 1.54) is 0 Å². The molecule has 0 fully saturated rings. The van der Waals surface area contributed by atoms with Gasteiger partial charge in [0.2, 0.25) is 11.7 Å². The zero-order chi connectivity index (χ0) is 14.5. The molecule has 1 atom stereocenters. The summed E-state index contributed by atoms with van der Waals surface area (Å²) in [5.74, 6) is 1.63. The van der Waals surface area contributed by atoms with Gasteiger partial charge in [-0.25, -0.2) is 0 Å². The number of aryl methyl sites for hydroxylation is 1. The van der Waals surface area contributed by atoms with Gasteiger partial charge in [0.25, 0.3) is 0 Å². The Morgan fingerprint density at radius 2 is 2.25 bits per heavy atom. The number of halogens is 1. The molecule has 2 rings (SSSR count). The largest absolute Gasteiger partial charge is 0.484 e. The number of aromatic nitrogens is 2. The molecule has 5 nitrogen and oxygen atoms in total. The van der Waals surface area contributed by atoms with Crippen molar-refractivity contribution >= 4 is 11.6 Å². The van der Waals surface area contributed by atoms with Crippen molar-refractivity contribution in [1.29, 1.82) is 0 Å². The van der Waals surface area contributed by atoms with E-state index in [2.05, 4.69) is 10.1 Å². The molecule has 20 heavy (non-hydrogen) atoms. The molecule has 0 saturated carbocycles. The van der Waals surface area contributed by atoms with E-state index in [0.717, 1.165) is 18.4 Å². The van der Waals surface area contributed by atoms with E-state index in [-0.39, 0.29) is 6.61 Å². The standard InChI is InChI=1S/C14H17ClN2O3/c1-3-4-14-16-13(17-20-14)8-19-12-6-5-10(9(2)18)7-11(12)15/h5-7,9,18H,3-4,8H2,1-2H3. The van der Waals surface area contributed by atoms with Gasteiger partial charge in [0.05, 0.1) is 11.1 Å². The molecule has 0 spiro atoms. The number of aliphatic hydroxyl groups is 1. The average molecular weight is 297 g/mol. The first kappa shape index (κ1) is 14.8. The number of rotatable bonds is 6. The van der Waals surface area contributed by atoms with Gasteiger partial charge in [0, 0.05) is 6.42 Å². The monoisotopic (exact) mass is 296 g/mol. The summed E-state index contributed by atoms with van der Waals surface area (Å²) in [5, 5.41) is 13.7. The number of benzene rings is 1. The van der Waals surface area contributed by atoms with Crippen LogP contribution in [-0.4, -0.2) is 15.2 Å². The second-order valence-electron chi connectivity index (χ2n) is 4.51. The van der Waals surface area contributed by atoms with Gasteiger partial charge in [0.1, 0.15) is 5.75 Å². The van der Waals surface area contributed by atoms with E-state index < -0.39 is 6.10 Å². The zero-order valence-electron chi connectivity index (χ0n) is 11.5. The van der Waals surface area contributed by atoms with Crippen LogP contribution in [0.15, 0.2) is 22.7 Å². The Morgan fingerprint density at radius 3 is 2.90 bits per heavy atom. The average Bonchev–Trinajstić information content (AvgIpc) is 2.85.